The Labute approximate surface area is 167 Å². The number of benzene rings is 2. The molecule has 0 saturated carbocycles. The number of nitrogens with one attached hydrogen (secondary N) is 1. The standard InChI is InChI=1S/C20H20ClFN2O4/c1-24(11-14-12-27-17-4-2-3-5-18(17)28-14)19(25)8-9-23-20(26)15-7-6-13(22)10-16(15)21/h2-7,10,14H,8-9,11-12H2,1H3,(H,23,26). The van der Waals surface area contributed by atoms with Crippen LogP contribution in [0.15, 0.2) is 42.5 Å². The number of likely N-dealkylation sites (N-methyl/N-ethyl adjacent to an activating group) is 1. The zero-order valence-electron chi connectivity index (χ0n) is 15.3. The Morgan fingerprint density at radius 2 is 2.00 bits per heavy atom. The quantitative estimate of drug-likeness (QED) is 0.801. The lowest BCUT2D eigenvalue weighted by atomic mass is 10.2. The number of carbonyl (C=O) groups is 2. The van der Waals surface area contributed by atoms with Crippen LogP contribution in [0.25, 0.3) is 0 Å². The van der Waals surface area contributed by atoms with Gasteiger partial charge in [-0.1, -0.05) is 23.7 Å². The van der Waals surface area contributed by atoms with Crippen LogP contribution in [0.4, 0.5) is 4.39 Å². The molecule has 1 aliphatic heterocycles. The molecule has 0 radical (unpaired) electrons. The number of hydrogen-bond acceptors (Lipinski definition) is 4. The van der Waals surface area contributed by atoms with Crippen LogP contribution in [0.2, 0.25) is 5.02 Å². The van der Waals surface area contributed by atoms with Crippen LogP contribution >= 0.6 is 11.6 Å². The van der Waals surface area contributed by atoms with Gasteiger partial charge in [0.2, 0.25) is 5.91 Å². The predicted molar refractivity (Wildman–Crippen MR) is 102 cm³/mol. The van der Waals surface area contributed by atoms with Crippen molar-refractivity contribution < 1.29 is 23.5 Å². The molecule has 1 N–H and O–H groups in total. The van der Waals surface area contributed by atoms with E-state index in [0.29, 0.717) is 24.7 Å². The van der Waals surface area contributed by atoms with Crippen LogP contribution in [-0.4, -0.2) is 49.6 Å². The second kappa shape index (κ2) is 8.93. The molecular formula is C20H20ClFN2O4. The first-order valence-electron chi connectivity index (χ1n) is 8.79. The van der Waals surface area contributed by atoms with E-state index in [2.05, 4.69) is 5.32 Å². The van der Waals surface area contributed by atoms with E-state index < -0.39 is 11.7 Å². The molecule has 0 aliphatic carbocycles. The fraction of sp³-hybridized carbons (Fsp3) is 0.300. The minimum atomic E-state index is -0.519. The third-order valence-corrected chi connectivity index (χ3v) is 4.58. The highest BCUT2D eigenvalue weighted by Crippen LogP contribution is 2.30. The van der Waals surface area contributed by atoms with E-state index in [9.17, 15) is 14.0 Å². The minimum absolute atomic E-state index is 0.0238. The van der Waals surface area contributed by atoms with Gasteiger partial charge in [0, 0.05) is 20.0 Å². The van der Waals surface area contributed by atoms with Crippen LogP contribution < -0.4 is 14.8 Å². The van der Waals surface area contributed by atoms with Crippen LogP contribution in [0.1, 0.15) is 16.8 Å². The Morgan fingerprint density at radius 1 is 1.25 bits per heavy atom. The number of para-hydroxylation sites is 2. The highest BCUT2D eigenvalue weighted by molar-refractivity contribution is 6.33. The number of fused-ring (bicyclic) bond motifs is 1. The third-order valence-electron chi connectivity index (χ3n) is 4.27. The molecule has 0 fully saturated rings. The number of nitrogens with zero attached hydrogens (tertiary/aromatic N) is 1. The van der Waals surface area contributed by atoms with Gasteiger partial charge >= 0.3 is 0 Å². The smallest absolute Gasteiger partial charge is 0.252 e. The van der Waals surface area contributed by atoms with E-state index in [1.807, 2.05) is 24.3 Å². The zero-order valence-corrected chi connectivity index (χ0v) is 16.0. The van der Waals surface area contributed by atoms with Gasteiger partial charge in [0.15, 0.2) is 17.6 Å². The minimum Gasteiger partial charge on any atom is -0.486 e. The normalized spacial score (nSPS) is 15.0. The van der Waals surface area contributed by atoms with E-state index in [-0.39, 0.29) is 35.6 Å². The third kappa shape index (κ3) is 4.92. The van der Waals surface area contributed by atoms with E-state index in [1.54, 1.807) is 11.9 Å². The second-order valence-corrected chi connectivity index (χ2v) is 6.81. The van der Waals surface area contributed by atoms with Gasteiger partial charge in [-0.2, -0.15) is 0 Å². The summed E-state index contributed by atoms with van der Waals surface area (Å²) in [7, 11) is 1.67. The van der Waals surface area contributed by atoms with Crippen molar-refractivity contribution in [1.82, 2.24) is 10.2 Å². The van der Waals surface area contributed by atoms with Crippen molar-refractivity contribution in [2.75, 3.05) is 26.7 Å². The molecule has 0 saturated heterocycles. The molecule has 148 valence electrons. The molecule has 0 bridgehead atoms. The Bertz CT molecular complexity index is 877. The van der Waals surface area contributed by atoms with Gasteiger partial charge in [0.25, 0.3) is 5.91 Å². The number of hydrogen-bond donors (Lipinski definition) is 1. The van der Waals surface area contributed by atoms with Crippen molar-refractivity contribution in [3.63, 3.8) is 0 Å². The molecule has 1 heterocycles. The van der Waals surface area contributed by atoms with Crippen LogP contribution in [0, 0.1) is 5.82 Å². The average molecular weight is 407 g/mol. The van der Waals surface area contributed by atoms with Crippen molar-refractivity contribution in [3.05, 3.63) is 58.9 Å². The molecule has 1 aliphatic rings. The van der Waals surface area contributed by atoms with E-state index in [1.165, 1.54) is 6.07 Å². The molecule has 3 rings (SSSR count). The van der Waals surface area contributed by atoms with Crippen LogP contribution in [0.3, 0.4) is 0 Å². The summed E-state index contributed by atoms with van der Waals surface area (Å²) in [6, 6.07) is 10.9. The Kier molecular flexibility index (Phi) is 6.36. The van der Waals surface area contributed by atoms with Crippen LogP contribution in [0.5, 0.6) is 11.5 Å². The Hall–Kier alpha value is -2.80. The number of carbonyl (C=O) groups excluding carboxylic acids is 2. The molecule has 6 nitrogen and oxygen atoms in total. The van der Waals surface area contributed by atoms with Gasteiger partial charge in [0.05, 0.1) is 17.1 Å². The van der Waals surface area contributed by atoms with Crippen molar-refractivity contribution in [2.24, 2.45) is 0 Å². The van der Waals surface area contributed by atoms with Gasteiger partial charge in [-0.15, -0.1) is 0 Å². The van der Waals surface area contributed by atoms with Gasteiger partial charge in [-0.25, -0.2) is 4.39 Å². The van der Waals surface area contributed by atoms with Crippen molar-refractivity contribution in [3.8, 4) is 11.5 Å². The maximum absolute atomic E-state index is 13.0. The first-order chi connectivity index (χ1) is 13.4. The molecule has 28 heavy (non-hydrogen) atoms. The highest BCUT2D eigenvalue weighted by Gasteiger charge is 2.23. The maximum atomic E-state index is 13.0. The molecule has 0 aromatic heterocycles. The van der Waals surface area contributed by atoms with Gasteiger partial charge in [0.1, 0.15) is 12.4 Å². The van der Waals surface area contributed by atoms with Gasteiger partial charge in [-0.05, 0) is 30.3 Å². The molecule has 2 amide bonds. The van der Waals surface area contributed by atoms with Crippen LogP contribution in [-0.2, 0) is 4.79 Å². The molecule has 2 aromatic rings. The van der Waals surface area contributed by atoms with E-state index >= 15 is 0 Å². The molecule has 0 spiro atoms. The molecule has 1 unspecified atom stereocenters. The Balaban J connectivity index is 1.44. The lowest BCUT2D eigenvalue weighted by Gasteiger charge is -2.29. The number of amides is 2. The number of halogens is 2. The highest BCUT2D eigenvalue weighted by atomic mass is 35.5. The van der Waals surface area contributed by atoms with Crippen molar-refractivity contribution in [2.45, 2.75) is 12.5 Å². The summed E-state index contributed by atoms with van der Waals surface area (Å²) in [5.74, 6) is 0.224. The average Bonchev–Trinajstić information content (AvgIpc) is 2.67. The lowest BCUT2D eigenvalue weighted by Crippen LogP contribution is -2.42. The molecule has 2 aromatic carbocycles. The number of rotatable bonds is 6. The SMILES string of the molecule is CN(CC1COc2ccccc2O1)C(=O)CCNC(=O)c1ccc(F)cc1Cl. The molecule has 8 heteroatoms. The van der Waals surface area contributed by atoms with Crippen molar-refractivity contribution in [1.29, 1.82) is 0 Å². The summed E-state index contributed by atoms with van der Waals surface area (Å²) < 4.78 is 24.5. The first kappa shape index (κ1) is 19.9. The fourth-order valence-electron chi connectivity index (χ4n) is 2.80. The molecular weight excluding hydrogens is 387 g/mol. The Morgan fingerprint density at radius 3 is 2.75 bits per heavy atom. The zero-order chi connectivity index (χ0) is 20.1. The topological polar surface area (TPSA) is 67.9 Å². The summed E-state index contributed by atoms with van der Waals surface area (Å²) in [5, 5.41) is 2.64. The second-order valence-electron chi connectivity index (χ2n) is 6.40. The van der Waals surface area contributed by atoms with E-state index in [0.717, 1.165) is 12.1 Å². The summed E-state index contributed by atoms with van der Waals surface area (Å²) in [4.78, 5) is 25.9. The largest absolute Gasteiger partial charge is 0.486 e. The van der Waals surface area contributed by atoms with Gasteiger partial charge in [-0.3, -0.25) is 9.59 Å². The van der Waals surface area contributed by atoms with Gasteiger partial charge < -0.3 is 19.7 Å². The lowest BCUT2D eigenvalue weighted by molar-refractivity contribution is -0.131. The summed E-state index contributed by atoms with van der Waals surface area (Å²) in [6.07, 6.45) is -0.151. The van der Waals surface area contributed by atoms with Crippen molar-refractivity contribution >= 4 is 23.4 Å². The monoisotopic (exact) mass is 406 g/mol. The first-order valence-corrected chi connectivity index (χ1v) is 9.17. The summed E-state index contributed by atoms with van der Waals surface area (Å²) in [5.41, 5.74) is 0.162. The fourth-order valence-corrected chi connectivity index (χ4v) is 3.06. The number of ether oxygens (including phenoxy) is 2. The predicted octanol–water partition coefficient (Wildman–Crippen LogP) is 2.90. The summed E-state index contributed by atoms with van der Waals surface area (Å²) >= 11 is 5.86. The summed E-state index contributed by atoms with van der Waals surface area (Å²) in [6.45, 7) is 0.861. The van der Waals surface area contributed by atoms with E-state index in [4.69, 9.17) is 21.1 Å². The molecule has 1 atom stereocenters. The maximum Gasteiger partial charge on any atom is 0.252 e.